The van der Waals surface area contributed by atoms with Gasteiger partial charge in [0.1, 0.15) is 5.69 Å². The average Bonchev–Trinajstić information content (AvgIpc) is 3.51. The van der Waals surface area contributed by atoms with Crippen molar-refractivity contribution in [3.05, 3.63) is 36.2 Å². The van der Waals surface area contributed by atoms with Gasteiger partial charge in [-0.05, 0) is 19.4 Å². The van der Waals surface area contributed by atoms with Gasteiger partial charge in [-0.15, -0.1) is 21.5 Å². The quantitative estimate of drug-likeness (QED) is 0.547. The van der Waals surface area contributed by atoms with Crippen LogP contribution in [-0.2, 0) is 0 Å². The van der Waals surface area contributed by atoms with Crippen molar-refractivity contribution in [2.75, 3.05) is 31.1 Å². The van der Waals surface area contributed by atoms with Gasteiger partial charge in [-0.1, -0.05) is 18.6 Å². The van der Waals surface area contributed by atoms with Crippen LogP contribution in [0.5, 0.6) is 0 Å². The topological polar surface area (TPSA) is 86.7 Å². The number of aromatic nitrogens is 6. The van der Waals surface area contributed by atoms with Gasteiger partial charge in [0.25, 0.3) is 0 Å². The lowest BCUT2D eigenvalue weighted by Gasteiger charge is -2.43. The van der Waals surface area contributed by atoms with E-state index in [9.17, 15) is 0 Å². The molecule has 6 rings (SSSR count). The summed E-state index contributed by atoms with van der Waals surface area (Å²) in [6, 6.07) is 4.78. The molecule has 3 aromatic heterocycles. The predicted molar refractivity (Wildman–Crippen MR) is 117 cm³/mol. The molecule has 152 valence electrons. The number of piperazine rings is 1. The molecule has 9 heteroatoms. The van der Waals surface area contributed by atoms with Gasteiger partial charge in [-0.25, -0.2) is 9.97 Å². The monoisotopic (exact) mass is 418 g/mol. The molecule has 0 bridgehead atoms. The van der Waals surface area contributed by atoms with Gasteiger partial charge in [0, 0.05) is 48.6 Å². The van der Waals surface area contributed by atoms with E-state index in [0.717, 1.165) is 58.2 Å². The smallest absolute Gasteiger partial charge is 0.245 e. The molecule has 2 aliphatic heterocycles. The van der Waals surface area contributed by atoms with Gasteiger partial charge in [0.15, 0.2) is 0 Å². The maximum absolute atomic E-state index is 4.68. The van der Waals surface area contributed by atoms with E-state index < -0.39 is 0 Å². The largest absolute Gasteiger partial charge is 0.337 e. The molecule has 8 nitrogen and oxygen atoms in total. The van der Waals surface area contributed by atoms with Crippen molar-refractivity contribution in [2.45, 2.75) is 25.3 Å². The van der Waals surface area contributed by atoms with E-state index in [1.165, 1.54) is 25.8 Å². The van der Waals surface area contributed by atoms with Crippen molar-refractivity contribution in [2.24, 2.45) is 0 Å². The Hall–Kier alpha value is -2.91. The standard InChI is InChI=1S/C21H22N8S/c1-2-6-28-7-8-29(12-15(28)3-1)21-22-11-18(26-27-21)17-5-4-16(14-9-24-25-10-14)19-20(17)30-13-23-19/h4-5,9-11,13,15H,1-3,6-8,12H2,(H,24,25). The summed E-state index contributed by atoms with van der Waals surface area (Å²) >= 11 is 1.61. The Kier molecular flexibility index (Phi) is 4.42. The van der Waals surface area contributed by atoms with E-state index in [-0.39, 0.29) is 0 Å². The maximum Gasteiger partial charge on any atom is 0.245 e. The number of fused-ring (bicyclic) bond motifs is 2. The van der Waals surface area contributed by atoms with E-state index in [2.05, 4.69) is 52.3 Å². The molecular formula is C21H22N8S. The van der Waals surface area contributed by atoms with Crippen LogP contribution in [0, 0.1) is 0 Å². The molecule has 0 spiro atoms. The van der Waals surface area contributed by atoms with Gasteiger partial charge in [-0.3, -0.25) is 10.00 Å². The number of nitrogens with zero attached hydrogens (tertiary/aromatic N) is 7. The van der Waals surface area contributed by atoms with Gasteiger partial charge >= 0.3 is 0 Å². The normalized spacial score (nSPS) is 19.9. The Labute approximate surface area is 178 Å². The fourth-order valence-electron chi connectivity index (χ4n) is 4.66. The lowest BCUT2D eigenvalue weighted by Crippen LogP contribution is -2.55. The average molecular weight is 419 g/mol. The molecule has 5 heterocycles. The Morgan fingerprint density at radius 2 is 1.97 bits per heavy atom. The zero-order valence-electron chi connectivity index (χ0n) is 16.5. The van der Waals surface area contributed by atoms with E-state index in [0.29, 0.717) is 6.04 Å². The number of H-pyrrole nitrogens is 1. The molecule has 2 saturated heterocycles. The van der Waals surface area contributed by atoms with E-state index in [1.54, 1.807) is 11.3 Å². The highest BCUT2D eigenvalue weighted by Gasteiger charge is 2.30. The van der Waals surface area contributed by atoms with Gasteiger partial charge in [0.2, 0.25) is 5.95 Å². The first kappa shape index (κ1) is 17.9. The van der Waals surface area contributed by atoms with Gasteiger partial charge in [-0.2, -0.15) is 5.10 Å². The summed E-state index contributed by atoms with van der Waals surface area (Å²) in [5, 5.41) is 16.0. The molecule has 1 atom stereocenters. The lowest BCUT2D eigenvalue weighted by atomic mass is 10.00. The van der Waals surface area contributed by atoms with Crippen LogP contribution in [0.1, 0.15) is 19.3 Å². The fourth-order valence-corrected chi connectivity index (χ4v) is 5.50. The number of benzene rings is 1. The maximum atomic E-state index is 4.68. The van der Waals surface area contributed by atoms with Crippen LogP contribution >= 0.6 is 11.3 Å². The van der Waals surface area contributed by atoms with Crippen LogP contribution in [0.2, 0.25) is 0 Å². The van der Waals surface area contributed by atoms with Crippen molar-refractivity contribution >= 4 is 27.5 Å². The molecule has 2 fully saturated rings. The predicted octanol–water partition coefficient (Wildman–Crippen LogP) is 3.21. The summed E-state index contributed by atoms with van der Waals surface area (Å²) in [5.74, 6) is 0.736. The van der Waals surface area contributed by atoms with Crippen molar-refractivity contribution in [3.8, 4) is 22.4 Å². The zero-order chi connectivity index (χ0) is 19.9. The second-order valence-corrected chi connectivity index (χ2v) is 8.81. The Morgan fingerprint density at radius 3 is 2.83 bits per heavy atom. The molecule has 2 aliphatic rings. The number of rotatable bonds is 3. The third kappa shape index (κ3) is 3.05. The summed E-state index contributed by atoms with van der Waals surface area (Å²) in [6.45, 7) is 4.29. The molecule has 4 aromatic rings. The molecule has 0 amide bonds. The van der Waals surface area contributed by atoms with Gasteiger partial charge in [0.05, 0.1) is 28.1 Å². The minimum atomic E-state index is 0.628. The summed E-state index contributed by atoms with van der Waals surface area (Å²) < 4.78 is 1.09. The van der Waals surface area contributed by atoms with Crippen LogP contribution in [0.3, 0.4) is 0 Å². The molecule has 1 N–H and O–H groups in total. The Balaban J connectivity index is 1.29. The fraction of sp³-hybridized carbons (Fsp3) is 0.381. The van der Waals surface area contributed by atoms with Crippen molar-refractivity contribution in [3.63, 3.8) is 0 Å². The number of hydrogen-bond acceptors (Lipinski definition) is 8. The highest BCUT2D eigenvalue weighted by Crippen LogP contribution is 2.36. The van der Waals surface area contributed by atoms with E-state index in [1.807, 2.05) is 24.1 Å². The first-order chi connectivity index (χ1) is 14.9. The number of hydrogen-bond donors (Lipinski definition) is 1. The summed E-state index contributed by atoms with van der Waals surface area (Å²) in [5.41, 5.74) is 6.71. The van der Waals surface area contributed by atoms with Crippen LogP contribution in [-0.4, -0.2) is 67.5 Å². The highest BCUT2D eigenvalue weighted by atomic mass is 32.1. The minimum absolute atomic E-state index is 0.628. The number of anilines is 1. The number of aromatic amines is 1. The SMILES string of the molecule is c1nc2c(-c3cn[nH]c3)ccc(-c3cnc(N4CCN5CCCCC5C4)nn3)c2s1. The van der Waals surface area contributed by atoms with E-state index >= 15 is 0 Å². The molecule has 0 aliphatic carbocycles. The molecule has 1 unspecified atom stereocenters. The molecule has 1 aromatic carbocycles. The molecule has 0 radical (unpaired) electrons. The van der Waals surface area contributed by atoms with Crippen LogP contribution < -0.4 is 4.90 Å². The van der Waals surface area contributed by atoms with Crippen LogP contribution in [0.25, 0.3) is 32.6 Å². The second-order valence-electron chi connectivity index (χ2n) is 7.95. The molecular weight excluding hydrogens is 396 g/mol. The number of nitrogens with one attached hydrogen (secondary N) is 1. The first-order valence-corrected chi connectivity index (χ1v) is 11.3. The molecule has 0 saturated carbocycles. The summed E-state index contributed by atoms with van der Waals surface area (Å²) in [6.07, 6.45) is 9.48. The van der Waals surface area contributed by atoms with E-state index in [4.69, 9.17) is 0 Å². The van der Waals surface area contributed by atoms with Crippen molar-refractivity contribution < 1.29 is 0 Å². The highest BCUT2D eigenvalue weighted by molar-refractivity contribution is 7.17. The molecule has 30 heavy (non-hydrogen) atoms. The summed E-state index contributed by atoms with van der Waals surface area (Å²) in [4.78, 5) is 14.2. The second kappa shape index (κ2) is 7.41. The van der Waals surface area contributed by atoms with Gasteiger partial charge < -0.3 is 4.90 Å². The number of thiazole rings is 1. The van der Waals surface area contributed by atoms with Crippen molar-refractivity contribution in [1.82, 2.24) is 35.3 Å². The van der Waals surface area contributed by atoms with Crippen molar-refractivity contribution in [1.29, 1.82) is 0 Å². The summed E-state index contributed by atoms with van der Waals surface area (Å²) in [7, 11) is 0. The third-order valence-corrected chi connectivity index (χ3v) is 7.10. The van der Waals surface area contributed by atoms with Crippen LogP contribution in [0.4, 0.5) is 5.95 Å². The lowest BCUT2D eigenvalue weighted by molar-refractivity contribution is 0.132. The first-order valence-electron chi connectivity index (χ1n) is 10.4. The zero-order valence-corrected chi connectivity index (χ0v) is 17.3. The minimum Gasteiger partial charge on any atom is -0.337 e. The van der Waals surface area contributed by atoms with Crippen LogP contribution in [0.15, 0.2) is 36.2 Å². The third-order valence-electron chi connectivity index (χ3n) is 6.24. The number of piperidine rings is 1. The Bertz CT molecular complexity index is 1150. The Morgan fingerprint density at radius 1 is 1.00 bits per heavy atom.